The highest BCUT2D eigenvalue weighted by Crippen LogP contribution is 2.23. The molecule has 0 bridgehead atoms. The Balaban J connectivity index is 3.15. The fourth-order valence-corrected chi connectivity index (χ4v) is 2.47. The third-order valence-corrected chi connectivity index (χ3v) is 3.61. The van der Waals surface area contributed by atoms with Crippen LogP contribution in [0.1, 0.15) is 17.3 Å². The third kappa shape index (κ3) is 3.45. The average Bonchev–Trinajstić information content (AvgIpc) is 2.27. The number of rotatable bonds is 3. The lowest BCUT2D eigenvalue weighted by atomic mass is 10.2. The van der Waals surface area contributed by atoms with Crippen LogP contribution in [0.4, 0.5) is 0 Å². The van der Waals surface area contributed by atoms with Gasteiger partial charge in [-0.05, 0) is 25.1 Å². The molecule has 0 amide bonds. The molecule has 18 heavy (non-hydrogen) atoms. The Morgan fingerprint density at radius 3 is 2.61 bits per heavy atom. The third-order valence-electron chi connectivity index (χ3n) is 2.03. The summed E-state index contributed by atoms with van der Waals surface area (Å²) in [5.41, 5.74) is 0.0296. The molecule has 5 nitrogen and oxygen atoms in total. The van der Waals surface area contributed by atoms with E-state index in [1.54, 1.807) is 6.07 Å². The van der Waals surface area contributed by atoms with E-state index >= 15 is 0 Å². The number of esters is 1. The topological polar surface area (TPSA) is 84.2 Å². The molecule has 7 heteroatoms. The van der Waals surface area contributed by atoms with E-state index < -0.39 is 21.9 Å². The summed E-state index contributed by atoms with van der Waals surface area (Å²) in [6.07, 6.45) is 0.0798. The van der Waals surface area contributed by atoms with Gasteiger partial charge in [0, 0.05) is 6.26 Å². The molecule has 0 aliphatic carbocycles. The standard InChI is InChI=1S/C11H10ClNO4S/c1-7(6-13)17-11(14)8-3-4-9(12)10(5-8)18(2,15)16/h3-5,7H,1-2H3/t7-/m0/s1. The molecule has 0 spiro atoms. The highest BCUT2D eigenvalue weighted by molar-refractivity contribution is 7.90. The summed E-state index contributed by atoms with van der Waals surface area (Å²) in [6, 6.07) is 5.50. The van der Waals surface area contributed by atoms with Crippen LogP contribution in [0, 0.1) is 11.3 Å². The molecule has 0 aromatic heterocycles. The van der Waals surface area contributed by atoms with Crippen molar-refractivity contribution in [1.29, 1.82) is 5.26 Å². The van der Waals surface area contributed by atoms with Crippen molar-refractivity contribution in [2.45, 2.75) is 17.9 Å². The van der Waals surface area contributed by atoms with Crippen molar-refractivity contribution >= 4 is 27.4 Å². The molecule has 1 aromatic rings. The largest absolute Gasteiger partial charge is 0.444 e. The predicted octanol–water partition coefficient (Wildman–Crippen LogP) is 1.81. The minimum Gasteiger partial charge on any atom is -0.444 e. The van der Waals surface area contributed by atoms with E-state index in [4.69, 9.17) is 21.6 Å². The Labute approximate surface area is 110 Å². The summed E-state index contributed by atoms with van der Waals surface area (Å²) in [5, 5.41) is 8.54. The van der Waals surface area contributed by atoms with Crippen LogP contribution in [0.2, 0.25) is 5.02 Å². The maximum Gasteiger partial charge on any atom is 0.339 e. The molecular formula is C11H10ClNO4S. The summed E-state index contributed by atoms with van der Waals surface area (Å²) < 4.78 is 27.6. The van der Waals surface area contributed by atoms with Gasteiger partial charge in [0.15, 0.2) is 15.9 Å². The number of hydrogen-bond donors (Lipinski definition) is 0. The smallest absolute Gasteiger partial charge is 0.339 e. The first kappa shape index (κ1) is 14.5. The fraction of sp³-hybridized carbons (Fsp3) is 0.273. The van der Waals surface area contributed by atoms with Crippen molar-refractivity contribution < 1.29 is 17.9 Å². The van der Waals surface area contributed by atoms with Gasteiger partial charge in [-0.15, -0.1) is 0 Å². The summed E-state index contributed by atoms with van der Waals surface area (Å²) in [6.45, 7) is 1.41. The summed E-state index contributed by atoms with van der Waals surface area (Å²) in [4.78, 5) is 11.4. The van der Waals surface area contributed by atoms with E-state index in [1.807, 2.05) is 0 Å². The van der Waals surface area contributed by atoms with Crippen LogP contribution >= 0.6 is 11.6 Å². The van der Waals surface area contributed by atoms with Gasteiger partial charge >= 0.3 is 5.97 Å². The minimum absolute atomic E-state index is 0.0296. The first-order chi connectivity index (χ1) is 8.25. The van der Waals surface area contributed by atoms with Gasteiger partial charge < -0.3 is 4.74 Å². The second-order valence-electron chi connectivity index (χ2n) is 3.59. The number of halogens is 1. The predicted molar refractivity (Wildman–Crippen MR) is 65.1 cm³/mol. The van der Waals surface area contributed by atoms with Crippen LogP contribution in [0.5, 0.6) is 0 Å². The molecule has 0 aliphatic heterocycles. The van der Waals surface area contributed by atoms with Crippen LogP contribution < -0.4 is 0 Å². The van der Waals surface area contributed by atoms with Crippen molar-refractivity contribution in [3.05, 3.63) is 28.8 Å². The van der Waals surface area contributed by atoms with E-state index in [1.165, 1.54) is 19.1 Å². The van der Waals surface area contributed by atoms with Gasteiger partial charge in [0.25, 0.3) is 0 Å². The van der Waals surface area contributed by atoms with Gasteiger partial charge in [0.05, 0.1) is 15.5 Å². The highest BCUT2D eigenvalue weighted by Gasteiger charge is 2.17. The number of nitriles is 1. The van der Waals surface area contributed by atoms with Crippen LogP contribution in [0.15, 0.2) is 23.1 Å². The molecule has 96 valence electrons. The van der Waals surface area contributed by atoms with Crippen molar-refractivity contribution in [3.8, 4) is 6.07 Å². The Kier molecular flexibility index (Phi) is 4.33. The van der Waals surface area contributed by atoms with Gasteiger partial charge in [-0.1, -0.05) is 11.6 Å². The molecule has 1 rings (SSSR count). The van der Waals surface area contributed by atoms with Gasteiger partial charge in [-0.25, -0.2) is 13.2 Å². The molecule has 1 aromatic carbocycles. The lowest BCUT2D eigenvalue weighted by molar-refractivity contribution is 0.0435. The molecular weight excluding hydrogens is 278 g/mol. The number of carbonyl (C=O) groups excluding carboxylic acids is 1. The van der Waals surface area contributed by atoms with Crippen LogP contribution in [0.3, 0.4) is 0 Å². The summed E-state index contributed by atoms with van der Waals surface area (Å²) >= 11 is 5.73. The lowest BCUT2D eigenvalue weighted by Crippen LogP contribution is -2.13. The molecule has 1 atom stereocenters. The summed E-state index contributed by atoms with van der Waals surface area (Å²) in [5.74, 6) is -0.773. The normalized spacial score (nSPS) is 12.6. The maximum atomic E-state index is 11.6. The van der Waals surface area contributed by atoms with E-state index in [9.17, 15) is 13.2 Å². The van der Waals surface area contributed by atoms with Crippen molar-refractivity contribution in [2.75, 3.05) is 6.26 Å². The average molecular weight is 288 g/mol. The zero-order valence-corrected chi connectivity index (χ0v) is 11.2. The number of sulfone groups is 1. The molecule has 0 unspecified atom stereocenters. The Morgan fingerprint density at radius 2 is 2.11 bits per heavy atom. The molecule has 0 saturated carbocycles. The lowest BCUT2D eigenvalue weighted by Gasteiger charge is -2.08. The zero-order chi connectivity index (χ0) is 13.9. The number of nitrogens with zero attached hydrogens (tertiary/aromatic N) is 1. The Bertz CT molecular complexity index is 618. The molecule has 0 heterocycles. The number of carbonyl (C=O) groups is 1. The van der Waals surface area contributed by atoms with Crippen molar-refractivity contribution in [3.63, 3.8) is 0 Å². The number of hydrogen-bond acceptors (Lipinski definition) is 5. The quantitative estimate of drug-likeness (QED) is 0.792. The van der Waals surface area contributed by atoms with Gasteiger partial charge in [-0.3, -0.25) is 0 Å². The fourth-order valence-electron chi connectivity index (χ4n) is 1.17. The molecule has 0 radical (unpaired) electrons. The van der Waals surface area contributed by atoms with E-state index in [2.05, 4.69) is 0 Å². The molecule has 0 aliphatic rings. The molecule has 0 fully saturated rings. The molecule has 0 saturated heterocycles. The van der Waals surface area contributed by atoms with Crippen LogP contribution in [-0.4, -0.2) is 26.7 Å². The van der Waals surface area contributed by atoms with Crippen LogP contribution in [0.25, 0.3) is 0 Å². The van der Waals surface area contributed by atoms with Gasteiger partial charge in [0.2, 0.25) is 0 Å². The Morgan fingerprint density at radius 1 is 1.50 bits per heavy atom. The first-order valence-electron chi connectivity index (χ1n) is 4.86. The molecule has 0 N–H and O–H groups in total. The number of ether oxygens (including phenoxy) is 1. The monoisotopic (exact) mass is 287 g/mol. The van der Waals surface area contributed by atoms with E-state index in [-0.39, 0.29) is 15.5 Å². The number of benzene rings is 1. The second-order valence-corrected chi connectivity index (χ2v) is 5.99. The minimum atomic E-state index is -3.53. The zero-order valence-electron chi connectivity index (χ0n) is 9.68. The van der Waals surface area contributed by atoms with E-state index in [0.717, 1.165) is 12.3 Å². The maximum absolute atomic E-state index is 11.6. The SMILES string of the molecule is C[C@@H](C#N)OC(=O)c1ccc(Cl)c(S(C)(=O)=O)c1. The van der Waals surface area contributed by atoms with Gasteiger partial charge in [-0.2, -0.15) is 5.26 Å². The van der Waals surface area contributed by atoms with Crippen molar-refractivity contribution in [2.24, 2.45) is 0 Å². The summed E-state index contributed by atoms with van der Waals surface area (Å²) in [7, 11) is -3.53. The Hall–Kier alpha value is -1.58. The first-order valence-corrected chi connectivity index (χ1v) is 7.13. The highest BCUT2D eigenvalue weighted by atomic mass is 35.5. The van der Waals surface area contributed by atoms with Crippen molar-refractivity contribution in [1.82, 2.24) is 0 Å². The second kappa shape index (κ2) is 5.38. The van der Waals surface area contributed by atoms with Gasteiger partial charge in [0.1, 0.15) is 6.07 Å². The van der Waals surface area contributed by atoms with Crippen LogP contribution in [-0.2, 0) is 14.6 Å². The van der Waals surface area contributed by atoms with E-state index in [0.29, 0.717) is 0 Å².